The molecule has 0 unspecified atom stereocenters. The van der Waals surface area contributed by atoms with Crippen molar-refractivity contribution >= 4 is 21.9 Å². The second kappa shape index (κ2) is 20.9. The fourth-order valence-electron chi connectivity index (χ4n) is 9.69. The van der Waals surface area contributed by atoms with E-state index in [4.69, 9.17) is 9.40 Å². The Morgan fingerprint density at radius 1 is 0.333 bits per heavy atom. The van der Waals surface area contributed by atoms with Crippen LogP contribution in [0.1, 0.15) is 22.3 Å². The van der Waals surface area contributed by atoms with Gasteiger partial charge < -0.3 is 19.4 Å². The van der Waals surface area contributed by atoms with Crippen molar-refractivity contribution in [3.8, 4) is 78.3 Å². The van der Waals surface area contributed by atoms with Crippen LogP contribution in [0.2, 0.25) is 0 Å². The largest absolute Gasteiger partial charge is 3.00 e. The number of nitrogens with zero attached hydrogens (tertiary/aromatic N) is 3. The number of aryl methyl sites for hydroxylation is 4. The number of rotatable bonds is 13. The number of fused-ring (bicyclic) bond motifs is 3. The molecule has 0 fully saturated rings. The molecular weight excluding hydrogens is 1050 g/mol. The van der Waals surface area contributed by atoms with Crippen LogP contribution in [-0.2, 0) is 45.8 Å². The Labute approximate surface area is 434 Å². The van der Waals surface area contributed by atoms with Gasteiger partial charge in [0.15, 0.2) is 5.58 Å². The maximum absolute atomic E-state index is 6.17. The summed E-state index contributed by atoms with van der Waals surface area (Å²) in [6.45, 7) is 0. The van der Waals surface area contributed by atoms with Gasteiger partial charge in [-0.2, -0.15) is 0 Å². The van der Waals surface area contributed by atoms with E-state index < -0.39 is 0 Å². The minimum absolute atomic E-state index is 0. The molecule has 0 N–H and O–H groups in total. The van der Waals surface area contributed by atoms with Gasteiger partial charge >= 0.3 is 20.1 Å². The first kappa shape index (κ1) is 46.1. The van der Waals surface area contributed by atoms with Crippen molar-refractivity contribution < 1.29 is 24.5 Å². The second-order valence-electron chi connectivity index (χ2n) is 18.0. The Morgan fingerprint density at radius 3 is 1.54 bits per heavy atom. The van der Waals surface area contributed by atoms with Crippen molar-refractivity contribution in [3.63, 3.8) is 0 Å². The van der Waals surface area contributed by atoms with Gasteiger partial charge in [0.1, 0.15) is 5.58 Å². The Kier molecular flexibility index (Phi) is 13.4. The van der Waals surface area contributed by atoms with Crippen LogP contribution in [0.15, 0.2) is 235 Å². The molecule has 0 bridgehead atoms. The van der Waals surface area contributed by atoms with Crippen LogP contribution in [0.25, 0.3) is 100 Å². The van der Waals surface area contributed by atoms with Crippen LogP contribution in [0.4, 0.5) is 0 Å². The van der Waals surface area contributed by atoms with E-state index in [0.29, 0.717) is 0 Å². The quantitative estimate of drug-likeness (QED) is 0.108. The zero-order valence-corrected chi connectivity index (χ0v) is 41.7. The molecule has 0 radical (unpaired) electrons. The molecule has 0 atom stereocenters. The van der Waals surface area contributed by atoms with E-state index >= 15 is 0 Å². The van der Waals surface area contributed by atoms with Crippen LogP contribution in [0, 0.1) is 18.2 Å². The molecule has 4 aromatic heterocycles. The summed E-state index contributed by atoms with van der Waals surface area (Å²) < 4.78 is 6.17. The van der Waals surface area contributed by atoms with Gasteiger partial charge in [0.05, 0.1) is 6.20 Å². The minimum atomic E-state index is 0. The van der Waals surface area contributed by atoms with E-state index in [9.17, 15) is 0 Å². The standard InChI is InChI=1S/C67H46N3O.Ir/c1-2-12-50(13-3-1)51-32-34-52(35-33-51)61-43-55(65-44-62-60-16-6-7-19-66(60)71-67(62)45-70-65)36-37-59(61)58-15-5-4-14-57(58)56-41-48(22-20-46-24-28-53(29-25-46)63-17-8-10-38-68-63)40-49(42-56)23-21-47-26-30-54(31-27-47)64-18-9-11-39-69-64;/h1-19,24-28,30,32-35,37-45H,20-23H2;/q-3;+3. The average molecular weight is 1100 g/mol. The van der Waals surface area contributed by atoms with Crippen LogP contribution in [0.3, 0.4) is 0 Å². The molecule has 0 saturated heterocycles. The summed E-state index contributed by atoms with van der Waals surface area (Å²) in [4.78, 5) is 14.0. The average Bonchev–Trinajstić information content (AvgIpc) is 3.83. The number of hydrogen-bond donors (Lipinski definition) is 0. The van der Waals surface area contributed by atoms with E-state index in [2.05, 4.69) is 192 Å². The van der Waals surface area contributed by atoms with E-state index in [1.807, 2.05) is 67.1 Å². The van der Waals surface area contributed by atoms with Crippen molar-refractivity contribution in [3.05, 3.63) is 271 Å². The first-order valence-electron chi connectivity index (χ1n) is 24.2. The first-order valence-corrected chi connectivity index (χ1v) is 24.2. The molecule has 0 aliphatic rings. The Hall–Kier alpha value is -8.34. The molecule has 0 aliphatic carbocycles. The SMILES string of the molecule is [Ir+3].[c-]1cc(CCc2cc(CCc3c[c-]c(-c4ccccn4)cc3)cc(-c3ccccc3-c3c[c-]c(-c4cc5c(cn4)oc4ccccc45)cc3-c3ccc(-c4ccccc4)cc3)c2)ccc1-c1ccccn1. The fraction of sp³-hybridized carbons (Fsp3) is 0.0597. The van der Waals surface area contributed by atoms with Gasteiger partial charge in [-0.3, -0.25) is 0 Å². The van der Waals surface area contributed by atoms with E-state index in [1.54, 1.807) is 0 Å². The molecule has 72 heavy (non-hydrogen) atoms. The Balaban J connectivity index is 0.00000560. The molecule has 0 spiro atoms. The van der Waals surface area contributed by atoms with Gasteiger partial charge in [-0.05, 0) is 87.1 Å². The van der Waals surface area contributed by atoms with E-state index in [1.165, 1.54) is 44.5 Å². The smallest absolute Gasteiger partial charge is 0.455 e. The molecule has 344 valence electrons. The van der Waals surface area contributed by atoms with Crippen LogP contribution in [-0.4, -0.2) is 15.0 Å². The van der Waals surface area contributed by atoms with Gasteiger partial charge in [-0.1, -0.05) is 175 Å². The summed E-state index contributed by atoms with van der Waals surface area (Å²) in [5, 5.41) is 2.11. The van der Waals surface area contributed by atoms with Crippen LogP contribution >= 0.6 is 0 Å². The summed E-state index contributed by atoms with van der Waals surface area (Å²) in [5.74, 6) is 0. The third kappa shape index (κ3) is 9.86. The molecule has 0 amide bonds. The van der Waals surface area contributed by atoms with Crippen molar-refractivity contribution in [2.24, 2.45) is 0 Å². The number of hydrogen-bond acceptors (Lipinski definition) is 4. The van der Waals surface area contributed by atoms with Crippen molar-refractivity contribution in [1.29, 1.82) is 0 Å². The van der Waals surface area contributed by atoms with Crippen LogP contribution in [0.5, 0.6) is 0 Å². The molecule has 12 rings (SSSR count). The maximum Gasteiger partial charge on any atom is 3.00 e. The molecule has 12 aromatic rings. The summed E-state index contributed by atoms with van der Waals surface area (Å²) in [5.41, 5.74) is 21.5. The van der Waals surface area contributed by atoms with Crippen molar-refractivity contribution in [2.75, 3.05) is 0 Å². The van der Waals surface area contributed by atoms with Gasteiger partial charge in [0.2, 0.25) is 0 Å². The second-order valence-corrected chi connectivity index (χ2v) is 18.0. The van der Waals surface area contributed by atoms with E-state index in [0.717, 1.165) is 104 Å². The summed E-state index contributed by atoms with van der Waals surface area (Å²) >= 11 is 0. The summed E-state index contributed by atoms with van der Waals surface area (Å²) in [6, 6.07) is 85.8. The molecule has 0 aliphatic heterocycles. The Bertz CT molecular complexity index is 3670. The zero-order chi connectivity index (χ0) is 47.3. The normalized spacial score (nSPS) is 11.2. The summed E-state index contributed by atoms with van der Waals surface area (Å²) in [7, 11) is 0. The number of furan rings is 1. The van der Waals surface area contributed by atoms with Crippen molar-refractivity contribution in [2.45, 2.75) is 25.7 Å². The molecular formula is C67H46IrN3O. The monoisotopic (exact) mass is 1100 g/mol. The predicted octanol–water partition coefficient (Wildman–Crippen LogP) is 16.4. The molecule has 0 saturated carbocycles. The fourth-order valence-corrected chi connectivity index (χ4v) is 9.69. The molecule has 8 aromatic carbocycles. The molecule has 4 nitrogen and oxygen atoms in total. The topological polar surface area (TPSA) is 51.8 Å². The first-order chi connectivity index (χ1) is 35.1. The number of aromatic nitrogens is 3. The molecule has 4 heterocycles. The Morgan fingerprint density at radius 2 is 0.903 bits per heavy atom. The molecule has 5 heteroatoms. The van der Waals surface area contributed by atoms with Gasteiger partial charge in [0.25, 0.3) is 0 Å². The minimum Gasteiger partial charge on any atom is -0.455 e. The summed E-state index contributed by atoms with van der Waals surface area (Å²) in [6.07, 6.45) is 9.05. The third-order valence-electron chi connectivity index (χ3n) is 13.4. The zero-order valence-electron chi connectivity index (χ0n) is 39.4. The van der Waals surface area contributed by atoms with Crippen molar-refractivity contribution in [1.82, 2.24) is 15.0 Å². The van der Waals surface area contributed by atoms with Crippen LogP contribution < -0.4 is 0 Å². The van der Waals surface area contributed by atoms with Gasteiger partial charge in [-0.15, -0.1) is 94.5 Å². The number of para-hydroxylation sites is 1. The third-order valence-corrected chi connectivity index (χ3v) is 13.4. The van der Waals surface area contributed by atoms with E-state index in [-0.39, 0.29) is 20.1 Å². The van der Waals surface area contributed by atoms with Gasteiger partial charge in [0, 0.05) is 23.2 Å². The number of pyridine rings is 3. The van der Waals surface area contributed by atoms with Gasteiger partial charge in [-0.25, -0.2) is 0 Å². The predicted molar refractivity (Wildman–Crippen MR) is 289 cm³/mol. The number of benzene rings is 8. The maximum atomic E-state index is 6.17.